The third kappa shape index (κ3) is 6.04. The van der Waals surface area contributed by atoms with E-state index in [0.717, 1.165) is 38.3 Å². The van der Waals surface area contributed by atoms with Crippen LogP contribution in [-0.2, 0) is 16.0 Å². The fraction of sp³-hybridized carbons (Fsp3) is 0.769. The SMILES string of the molecule is CCCNCc1coc(N(CCOC)CCOC)n1. The van der Waals surface area contributed by atoms with E-state index in [1.165, 1.54) is 0 Å². The fourth-order valence-corrected chi connectivity index (χ4v) is 1.62. The maximum Gasteiger partial charge on any atom is 0.297 e. The Balaban J connectivity index is 2.51. The van der Waals surface area contributed by atoms with Gasteiger partial charge in [0.05, 0.1) is 18.9 Å². The van der Waals surface area contributed by atoms with Crippen LogP contribution in [0.1, 0.15) is 19.0 Å². The highest BCUT2D eigenvalue weighted by molar-refractivity contribution is 5.26. The molecule has 1 aromatic rings. The van der Waals surface area contributed by atoms with Crippen molar-refractivity contribution in [3.8, 4) is 0 Å². The molecule has 6 heteroatoms. The van der Waals surface area contributed by atoms with E-state index in [2.05, 4.69) is 17.2 Å². The van der Waals surface area contributed by atoms with E-state index in [9.17, 15) is 0 Å². The van der Waals surface area contributed by atoms with Gasteiger partial charge in [-0.25, -0.2) is 0 Å². The summed E-state index contributed by atoms with van der Waals surface area (Å²) in [6, 6.07) is 0.627. The third-order valence-electron chi connectivity index (χ3n) is 2.67. The molecule has 19 heavy (non-hydrogen) atoms. The number of anilines is 1. The van der Waals surface area contributed by atoms with Crippen molar-refractivity contribution in [3.63, 3.8) is 0 Å². The summed E-state index contributed by atoms with van der Waals surface area (Å²) in [5.41, 5.74) is 0.920. The van der Waals surface area contributed by atoms with Gasteiger partial charge in [0, 0.05) is 33.9 Å². The quantitative estimate of drug-likeness (QED) is 0.612. The molecule has 0 saturated carbocycles. The van der Waals surface area contributed by atoms with E-state index in [1.54, 1.807) is 20.5 Å². The van der Waals surface area contributed by atoms with Crippen molar-refractivity contribution < 1.29 is 13.9 Å². The van der Waals surface area contributed by atoms with Crippen molar-refractivity contribution in [1.82, 2.24) is 10.3 Å². The second-order valence-electron chi connectivity index (χ2n) is 4.27. The average molecular weight is 271 g/mol. The zero-order valence-corrected chi connectivity index (χ0v) is 12.1. The third-order valence-corrected chi connectivity index (χ3v) is 2.67. The number of ether oxygens (including phenoxy) is 2. The monoisotopic (exact) mass is 271 g/mol. The predicted octanol–water partition coefficient (Wildman–Crippen LogP) is 1.27. The minimum atomic E-state index is 0.627. The molecule has 0 spiro atoms. The number of nitrogens with one attached hydrogen (secondary N) is 1. The number of hydrogen-bond donors (Lipinski definition) is 1. The molecule has 1 aromatic heterocycles. The molecule has 0 saturated heterocycles. The van der Waals surface area contributed by atoms with Crippen LogP contribution in [0.25, 0.3) is 0 Å². The van der Waals surface area contributed by atoms with Crippen LogP contribution < -0.4 is 10.2 Å². The molecular formula is C13H25N3O3. The van der Waals surface area contributed by atoms with Crippen LogP contribution in [0.3, 0.4) is 0 Å². The molecular weight excluding hydrogens is 246 g/mol. The van der Waals surface area contributed by atoms with E-state index < -0.39 is 0 Å². The van der Waals surface area contributed by atoms with Gasteiger partial charge in [0.2, 0.25) is 0 Å². The average Bonchev–Trinajstić information content (AvgIpc) is 2.88. The number of aromatic nitrogens is 1. The summed E-state index contributed by atoms with van der Waals surface area (Å²) in [5.74, 6) is 0. The van der Waals surface area contributed by atoms with Gasteiger partial charge < -0.3 is 24.1 Å². The van der Waals surface area contributed by atoms with Crippen molar-refractivity contribution in [2.45, 2.75) is 19.9 Å². The molecule has 0 bridgehead atoms. The second-order valence-corrected chi connectivity index (χ2v) is 4.27. The van der Waals surface area contributed by atoms with Crippen LogP contribution in [-0.4, -0.2) is 52.1 Å². The van der Waals surface area contributed by atoms with Crippen LogP contribution in [0.15, 0.2) is 10.7 Å². The van der Waals surface area contributed by atoms with Gasteiger partial charge in [-0.1, -0.05) is 6.92 Å². The summed E-state index contributed by atoms with van der Waals surface area (Å²) in [7, 11) is 3.37. The molecule has 0 atom stereocenters. The van der Waals surface area contributed by atoms with Gasteiger partial charge >= 0.3 is 0 Å². The first-order valence-electron chi connectivity index (χ1n) is 6.69. The molecule has 0 radical (unpaired) electrons. The Hall–Kier alpha value is -1.11. The molecule has 6 nitrogen and oxygen atoms in total. The Labute approximate surface area is 115 Å². The van der Waals surface area contributed by atoms with E-state index >= 15 is 0 Å². The minimum Gasteiger partial charge on any atom is -0.432 e. The van der Waals surface area contributed by atoms with Gasteiger partial charge in [-0.3, -0.25) is 0 Å². The largest absolute Gasteiger partial charge is 0.432 e. The Kier molecular flexibility index (Phi) is 8.20. The highest BCUT2D eigenvalue weighted by atomic mass is 16.5. The van der Waals surface area contributed by atoms with Crippen LogP contribution in [0.5, 0.6) is 0 Å². The van der Waals surface area contributed by atoms with Gasteiger partial charge in [-0.15, -0.1) is 0 Å². The van der Waals surface area contributed by atoms with E-state index in [1.807, 2.05) is 4.90 Å². The molecule has 0 unspecified atom stereocenters. The summed E-state index contributed by atoms with van der Waals surface area (Å²) < 4.78 is 15.7. The number of rotatable bonds is 11. The smallest absolute Gasteiger partial charge is 0.297 e. The molecule has 1 rings (SSSR count). The summed E-state index contributed by atoms with van der Waals surface area (Å²) in [6.07, 6.45) is 2.81. The first kappa shape index (κ1) is 15.9. The molecule has 0 aliphatic heterocycles. The summed E-state index contributed by atoms with van der Waals surface area (Å²) in [6.45, 7) is 6.60. The summed E-state index contributed by atoms with van der Waals surface area (Å²) in [4.78, 5) is 6.50. The number of methoxy groups -OCH3 is 2. The van der Waals surface area contributed by atoms with Gasteiger partial charge in [0.1, 0.15) is 6.26 Å². The predicted molar refractivity (Wildman–Crippen MR) is 74.5 cm³/mol. The summed E-state index contributed by atoms with van der Waals surface area (Å²) in [5, 5.41) is 3.30. The lowest BCUT2D eigenvalue weighted by atomic mass is 10.4. The molecule has 1 heterocycles. The Morgan fingerprint density at radius 2 is 1.95 bits per heavy atom. The zero-order valence-electron chi connectivity index (χ0n) is 12.1. The normalized spacial score (nSPS) is 10.9. The number of oxazole rings is 1. The maximum absolute atomic E-state index is 5.52. The topological polar surface area (TPSA) is 59.8 Å². The second kappa shape index (κ2) is 9.77. The van der Waals surface area contributed by atoms with E-state index in [-0.39, 0.29) is 0 Å². The Morgan fingerprint density at radius 3 is 2.53 bits per heavy atom. The Bertz CT molecular complexity index is 323. The maximum atomic E-state index is 5.52. The highest BCUT2D eigenvalue weighted by Crippen LogP contribution is 2.13. The lowest BCUT2D eigenvalue weighted by molar-refractivity contribution is 0.188. The standard InChI is InChI=1S/C13H25N3O3/c1-4-5-14-10-12-11-19-13(15-12)16(6-8-17-2)7-9-18-3/h11,14H,4-10H2,1-3H3. The van der Waals surface area contributed by atoms with Gasteiger partial charge in [0.15, 0.2) is 0 Å². The highest BCUT2D eigenvalue weighted by Gasteiger charge is 2.12. The molecule has 1 N–H and O–H groups in total. The van der Waals surface area contributed by atoms with Crippen LogP contribution >= 0.6 is 0 Å². The van der Waals surface area contributed by atoms with Crippen LogP contribution in [0, 0.1) is 0 Å². The zero-order chi connectivity index (χ0) is 13.9. The van der Waals surface area contributed by atoms with Crippen molar-refractivity contribution in [3.05, 3.63) is 12.0 Å². The molecule has 0 aromatic carbocycles. The first-order chi connectivity index (χ1) is 9.31. The van der Waals surface area contributed by atoms with Crippen LogP contribution in [0.4, 0.5) is 6.01 Å². The summed E-state index contributed by atoms with van der Waals surface area (Å²) >= 11 is 0. The molecule has 0 aliphatic carbocycles. The van der Waals surface area contributed by atoms with Crippen molar-refractivity contribution >= 4 is 6.01 Å². The first-order valence-corrected chi connectivity index (χ1v) is 6.69. The van der Waals surface area contributed by atoms with Crippen molar-refractivity contribution in [2.24, 2.45) is 0 Å². The molecule has 110 valence electrons. The Morgan fingerprint density at radius 1 is 1.26 bits per heavy atom. The molecule has 0 aliphatic rings. The number of nitrogens with zero attached hydrogens (tertiary/aromatic N) is 2. The van der Waals surface area contributed by atoms with Gasteiger partial charge in [0.25, 0.3) is 6.01 Å². The number of hydrogen-bond acceptors (Lipinski definition) is 6. The lowest BCUT2D eigenvalue weighted by Crippen LogP contribution is -2.31. The van der Waals surface area contributed by atoms with Crippen molar-refractivity contribution in [1.29, 1.82) is 0 Å². The molecule has 0 amide bonds. The molecule has 0 fully saturated rings. The lowest BCUT2D eigenvalue weighted by Gasteiger charge is -2.19. The van der Waals surface area contributed by atoms with E-state index in [4.69, 9.17) is 13.9 Å². The fourth-order valence-electron chi connectivity index (χ4n) is 1.62. The van der Waals surface area contributed by atoms with Crippen LogP contribution in [0.2, 0.25) is 0 Å². The minimum absolute atomic E-state index is 0.627. The van der Waals surface area contributed by atoms with Crippen molar-refractivity contribution in [2.75, 3.05) is 52.0 Å². The van der Waals surface area contributed by atoms with Gasteiger partial charge in [-0.2, -0.15) is 4.98 Å². The van der Waals surface area contributed by atoms with Gasteiger partial charge in [-0.05, 0) is 13.0 Å². The van der Waals surface area contributed by atoms with E-state index in [0.29, 0.717) is 19.2 Å².